The molecule has 154 valence electrons. The highest BCUT2D eigenvalue weighted by molar-refractivity contribution is 5.91. The number of benzene rings is 2. The van der Waals surface area contributed by atoms with Crippen molar-refractivity contribution in [3.05, 3.63) is 95.6 Å². The Morgan fingerprint density at radius 3 is 2.50 bits per heavy atom. The molecule has 0 radical (unpaired) electrons. The summed E-state index contributed by atoms with van der Waals surface area (Å²) in [6.07, 6.45) is 6.47. The summed E-state index contributed by atoms with van der Waals surface area (Å²) >= 11 is 0. The van der Waals surface area contributed by atoms with E-state index < -0.39 is 0 Å². The number of halogens is 1. The molecule has 0 atom stereocenters. The number of pyridine rings is 1. The van der Waals surface area contributed by atoms with Crippen molar-refractivity contribution < 1.29 is 18.7 Å². The summed E-state index contributed by atoms with van der Waals surface area (Å²) in [6, 6.07) is 15.4. The van der Waals surface area contributed by atoms with Crippen LogP contribution in [-0.4, -0.2) is 30.0 Å². The maximum absolute atomic E-state index is 13.4. The third-order valence-electron chi connectivity index (χ3n) is 4.50. The van der Waals surface area contributed by atoms with Crippen LogP contribution in [0.4, 0.5) is 4.39 Å². The molecule has 0 saturated heterocycles. The van der Waals surface area contributed by atoms with E-state index in [-0.39, 0.29) is 11.7 Å². The first-order chi connectivity index (χ1) is 14.6. The minimum atomic E-state index is -0.345. The lowest BCUT2D eigenvalue weighted by molar-refractivity contribution is -0.127. The summed E-state index contributed by atoms with van der Waals surface area (Å²) in [4.78, 5) is 18.8. The van der Waals surface area contributed by atoms with Gasteiger partial charge in [-0.25, -0.2) is 4.39 Å². The maximum atomic E-state index is 13.4. The molecule has 0 aliphatic heterocycles. The fraction of sp³-hybridized carbons (Fsp3) is 0.167. The van der Waals surface area contributed by atoms with Gasteiger partial charge >= 0.3 is 0 Å². The van der Waals surface area contributed by atoms with Gasteiger partial charge in [-0.3, -0.25) is 9.78 Å². The average molecular weight is 406 g/mol. The Kier molecular flexibility index (Phi) is 7.16. The fourth-order valence-electron chi connectivity index (χ4n) is 3.01. The topological polar surface area (TPSA) is 51.7 Å². The van der Waals surface area contributed by atoms with E-state index >= 15 is 0 Å². The number of hydrogen-bond acceptors (Lipinski definition) is 4. The van der Waals surface area contributed by atoms with Gasteiger partial charge in [-0.1, -0.05) is 24.3 Å². The molecule has 0 fully saturated rings. The quantitative estimate of drug-likeness (QED) is 0.518. The smallest absolute Gasteiger partial charge is 0.247 e. The molecule has 3 aromatic rings. The molecule has 6 heteroatoms. The monoisotopic (exact) mass is 406 g/mol. The first kappa shape index (κ1) is 21.0. The van der Waals surface area contributed by atoms with Crippen LogP contribution in [0.3, 0.4) is 0 Å². The average Bonchev–Trinajstić information content (AvgIpc) is 2.77. The zero-order valence-electron chi connectivity index (χ0n) is 16.9. The van der Waals surface area contributed by atoms with Crippen molar-refractivity contribution in [1.29, 1.82) is 0 Å². The van der Waals surface area contributed by atoms with Crippen LogP contribution in [0.15, 0.2) is 73.1 Å². The summed E-state index contributed by atoms with van der Waals surface area (Å²) in [6.45, 7) is 0.746. The molecule has 0 spiro atoms. The predicted octanol–water partition coefficient (Wildman–Crippen LogP) is 4.48. The number of hydrogen-bond donors (Lipinski definition) is 0. The van der Waals surface area contributed by atoms with Gasteiger partial charge in [-0.2, -0.15) is 0 Å². The first-order valence-electron chi connectivity index (χ1n) is 9.41. The molecule has 0 N–H and O–H groups in total. The Morgan fingerprint density at radius 2 is 1.80 bits per heavy atom. The molecular formula is C24H23FN2O3. The zero-order chi connectivity index (χ0) is 21.3. The van der Waals surface area contributed by atoms with Crippen molar-refractivity contribution >= 4 is 12.0 Å². The van der Waals surface area contributed by atoms with Gasteiger partial charge in [0.1, 0.15) is 5.82 Å². The van der Waals surface area contributed by atoms with Crippen LogP contribution in [-0.2, 0) is 17.9 Å². The highest BCUT2D eigenvalue weighted by atomic mass is 19.1. The number of ether oxygens (including phenoxy) is 2. The van der Waals surface area contributed by atoms with Crippen molar-refractivity contribution in [3.8, 4) is 11.5 Å². The second-order valence-corrected chi connectivity index (χ2v) is 6.63. The molecule has 1 amide bonds. The normalized spacial score (nSPS) is 10.8. The highest BCUT2D eigenvalue weighted by Gasteiger charge is 2.14. The number of carbonyl (C=O) groups excluding carboxylic acids is 1. The number of aromatic nitrogens is 1. The van der Waals surface area contributed by atoms with E-state index in [1.165, 1.54) is 18.2 Å². The number of methoxy groups -OCH3 is 2. The van der Waals surface area contributed by atoms with Crippen LogP contribution in [0, 0.1) is 5.82 Å². The molecule has 0 unspecified atom stereocenters. The zero-order valence-corrected chi connectivity index (χ0v) is 16.9. The molecule has 3 rings (SSSR count). The van der Waals surface area contributed by atoms with Crippen LogP contribution in [0.25, 0.3) is 6.08 Å². The summed E-state index contributed by atoms with van der Waals surface area (Å²) in [5.41, 5.74) is 2.42. The second kappa shape index (κ2) is 10.2. The van der Waals surface area contributed by atoms with Gasteiger partial charge in [0.25, 0.3) is 0 Å². The third-order valence-corrected chi connectivity index (χ3v) is 4.50. The largest absolute Gasteiger partial charge is 0.493 e. The van der Waals surface area contributed by atoms with Gasteiger partial charge in [0.2, 0.25) is 5.91 Å². The van der Waals surface area contributed by atoms with Gasteiger partial charge < -0.3 is 14.4 Å². The molecule has 5 nitrogen and oxygen atoms in total. The summed E-state index contributed by atoms with van der Waals surface area (Å²) < 4.78 is 24.0. The van der Waals surface area contributed by atoms with Gasteiger partial charge in [0.05, 0.1) is 14.2 Å². The summed E-state index contributed by atoms with van der Waals surface area (Å²) in [5, 5.41) is 0. The standard InChI is InChI=1S/C24H23FN2O3/c1-29-22-10-8-19(14-23(22)30-2)16-27(17-20-6-4-12-26-15-20)24(28)11-9-18-5-3-7-21(25)13-18/h3-15H,16-17H2,1-2H3. The summed E-state index contributed by atoms with van der Waals surface area (Å²) in [5.74, 6) is 0.677. The third kappa shape index (κ3) is 5.67. The number of carbonyl (C=O) groups is 1. The lowest BCUT2D eigenvalue weighted by atomic mass is 10.1. The predicted molar refractivity (Wildman–Crippen MR) is 113 cm³/mol. The van der Waals surface area contributed by atoms with E-state index in [9.17, 15) is 9.18 Å². The van der Waals surface area contributed by atoms with Crippen molar-refractivity contribution in [2.24, 2.45) is 0 Å². The Hall–Kier alpha value is -3.67. The Labute approximate surface area is 175 Å². The van der Waals surface area contributed by atoms with Gasteiger partial charge in [0, 0.05) is 31.6 Å². The van der Waals surface area contributed by atoms with Crippen LogP contribution < -0.4 is 9.47 Å². The van der Waals surface area contributed by atoms with E-state index in [0.29, 0.717) is 30.2 Å². The first-order valence-corrected chi connectivity index (χ1v) is 9.41. The SMILES string of the molecule is COc1ccc(CN(Cc2cccnc2)C(=O)C=Cc2cccc(F)c2)cc1OC. The molecule has 2 aromatic carbocycles. The minimum absolute atomic E-state index is 0.196. The molecule has 0 bridgehead atoms. The summed E-state index contributed by atoms with van der Waals surface area (Å²) in [7, 11) is 3.15. The highest BCUT2D eigenvalue weighted by Crippen LogP contribution is 2.28. The van der Waals surface area contributed by atoms with Gasteiger partial charge in [-0.05, 0) is 53.1 Å². The van der Waals surface area contributed by atoms with Crippen molar-refractivity contribution in [2.75, 3.05) is 14.2 Å². The van der Waals surface area contributed by atoms with Crippen LogP contribution in [0.1, 0.15) is 16.7 Å². The minimum Gasteiger partial charge on any atom is -0.493 e. The number of nitrogens with zero attached hydrogens (tertiary/aromatic N) is 2. The van der Waals surface area contributed by atoms with Crippen LogP contribution in [0.5, 0.6) is 11.5 Å². The van der Waals surface area contributed by atoms with E-state index in [1.54, 1.807) is 49.7 Å². The maximum Gasteiger partial charge on any atom is 0.247 e. The molecule has 0 aliphatic rings. The van der Waals surface area contributed by atoms with E-state index in [1.807, 2.05) is 30.3 Å². The Bertz CT molecular complexity index is 1020. The van der Waals surface area contributed by atoms with E-state index in [2.05, 4.69) is 4.98 Å². The Morgan fingerprint density at radius 1 is 1.00 bits per heavy atom. The molecule has 1 heterocycles. The molecule has 0 saturated carbocycles. The molecule has 30 heavy (non-hydrogen) atoms. The number of rotatable bonds is 8. The van der Waals surface area contributed by atoms with Crippen molar-refractivity contribution in [3.63, 3.8) is 0 Å². The van der Waals surface area contributed by atoms with Crippen molar-refractivity contribution in [2.45, 2.75) is 13.1 Å². The van der Waals surface area contributed by atoms with Gasteiger partial charge in [-0.15, -0.1) is 0 Å². The van der Waals surface area contributed by atoms with E-state index in [0.717, 1.165) is 11.1 Å². The molecule has 1 aromatic heterocycles. The Balaban J connectivity index is 1.83. The van der Waals surface area contributed by atoms with Crippen molar-refractivity contribution in [1.82, 2.24) is 9.88 Å². The lowest BCUT2D eigenvalue weighted by Crippen LogP contribution is -2.28. The van der Waals surface area contributed by atoms with E-state index in [4.69, 9.17) is 9.47 Å². The second-order valence-electron chi connectivity index (χ2n) is 6.63. The fourth-order valence-corrected chi connectivity index (χ4v) is 3.01. The molecule has 0 aliphatic carbocycles. The number of amides is 1. The van der Waals surface area contributed by atoms with Crippen LogP contribution in [0.2, 0.25) is 0 Å². The van der Waals surface area contributed by atoms with Gasteiger partial charge in [0.15, 0.2) is 11.5 Å². The van der Waals surface area contributed by atoms with Crippen LogP contribution >= 0.6 is 0 Å². The molecular weight excluding hydrogens is 383 g/mol. The lowest BCUT2D eigenvalue weighted by Gasteiger charge is -2.22.